The predicted octanol–water partition coefficient (Wildman–Crippen LogP) is 10.7. The van der Waals surface area contributed by atoms with Crippen molar-refractivity contribution in [2.75, 3.05) is 6.61 Å². The second-order valence-corrected chi connectivity index (χ2v) is 24.4. The van der Waals surface area contributed by atoms with E-state index in [-0.39, 0.29) is 12.4 Å². The number of ether oxygens (including phenoxy) is 1. The summed E-state index contributed by atoms with van der Waals surface area (Å²) < 4.78 is 29.2. The van der Waals surface area contributed by atoms with Crippen molar-refractivity contribution < 1.29 is 27.2 Å². The van der Waals surface area contributed by atoms with Crippen LogP contribution < -0.4 is 0 Å². The van der Waals surface area contributed by atoms with Gasteiger partial charge in [0.25, 0.3) is 0 Å². The van der Waals surface area contributed by atoms with Gasteiger partial charge in [-0.2, -0.15) is 0 Å². The molecule has 0 aromatic carbocycles. The van der Waals surface area contributed by atoms with Gasteiger partial charge >= 0.3 is 5.97 Å². The third-order valence-electron chi connectivity index (χ3n) is 9.03. The Hall–Kier alpha value is -1.62. The molecule has 242 valence electrons. The van der Waals surface area contributed by atoms with Crippen LogP contribution in [0.2, 0.25) is 33.2 Å². The molecule has 42 heavy (non-hydrogen) atoms. The minimum Gasteiger partial charge on any atom is -0.469 e. The summed E-state index contributed by atoms with van der Waals surface area (Å²) in [4.78, 5) is 11.6. The molecule has 0 bridgehead atoms. The lowest BCUT2D eigenvalue weighted by Gasteiger charge is -2.42. The minimum absolute atomic E-state index is 0.176. The van der Waals surface area contributed by atoms with Crippen LogP contribution in [0.3, 0.4) is 0 Å². The van der Waals surface area contributed by atoms with E-state index in [4.69, 9.17) is 22.4 Å². The van der Waals surface area contributed by atoms with Crippen molar-refractivity contribution in [2.24, 2.45) is 0 Å². The Balaban J connectivity index is 0.000000437. The first-order valence-electron chi connectivity index (χ1n) is 16.0. The molecule has 2 heterocycles. The molecule has 0 aliphatic rings. The fourth-order valence-corrected chi connectivity index (χ4v) is 17.9. The lowest BCUT2D eigenvalue weighted by atomic mass is 10.2. The van der Waals surface area contributed by atoms with Crippen molar-refractivity contribution in [1.29, 1.82) is 0 Å². The van der Waals surface area contributed by atoms with Crippen molar-refractivity contribution in [1.82, 2.24) is 0 Å². The van der Waals surface area contributed by atoms with E-state index < -0.39 is 16.6 Å². The van der Waals surface area contributed by atoms with Crippen LogP contribution in [-0.2, 0) is 38.0 Å². The molecule has 2 aromatic heterocycles. The zero-order valence-corrected chi connectivity index (χ0v) is 31.5. The molecule has 2 aromatic rings. The second-order valence-electron chi connectivity index (χ2n) is 13.5. The molecule has 0 atom stereocenters. The molecule has 0 radical (unpaired) electrons. The fraction of sp³-hybridized carbons (Fsp3) is 0.735. The highest BCUT2D eigenvalue weighted by molar-refractivity contribution is 6.78. The highest BCUT2D eigenvalue weighted by Crippen LogP contribution is 2.44. The van der Waals surface area contributed by atoms with Crippen LogP contribution in [0.4, 0.5) is 0 Å². The first-order chi connectivity index (χ1) is 19.5. The molecule has 0 saturated carbocycles. The maximum absolute atomic E-state index is 11.6. The Kier molecular flexibility index (Phi) is 15.6. The van der Waals surface area contributed by atoms with Gasteiger partial charge in [-0.1, -0.05) is 83.1 Å². The van der Waals surface area contributed by atoms with Crippen LogP contribution in [0.25, 0.3) is 0 Å². The van der Waals surface area contributed by atoms with Crippen LogP contribution in [0, 0.1) is 13.8 Å². The van der Waals surface area contributed by atoms with Crippen LogP contribution in [0.15, 0.2) is 27.2 Å². The van der Waals surface area contributed by atoms with Gasteiger partial charge in [-0.15, -0.1) is 0 Å². The second kappa shape index (κ2) is 17.0. The molecule has 8 heteroatoms. The summed E-state index contributed by atoms with van der Waals surface area (Å²) in [5.74, 6) is 2.20. The van der Waals surface area contributed by atoms with Gasteiger partial charge in [-0.25, -0.2) is 0 Å². The van der Waals surface area contributed by atoms with E-state index in [1.165, 1.54) is 5.56 Å². The summed E-state index contributed by atoms with van der Waals surface area (Å²) in [6.45, 7) is 34.9. The highest BCUT2D eigenvalue weighted by atomic mass is 28.4. The lowest BCUT2D eigenvalue weighted by Crippen LogP contribution is -2.47. The standard InChI is InChI=1S/C19H34O4Si.C15H28O2Si/c1-9-21-19(20)11-18-10-17(16(8)23-18)12-22-24(13(2)3,14(4)5)15(6)7;1-11(2)18(12(3)4,13(5)6)17-10-15-8-9-16-14(15)7/h10,13-15H,9,11-12H2,1-8H3;8-9,11-13H,10H2,1-7H3. The third-order valence-corrected chi connectivity index (χ3v) is 21.1. The first-order valence-corrected chi connectivity index (χ1v) is 20.3. The van der Waals surface area contributed by atoms with Crippen LogP contribution in [-0.4, -0.2) is 29.2 Å². The van der Waals surface area contributed by atoms with Crippen molar-refractivity contribution in [2.45, 2.75) is 157 Å². The van der Waals surface area contributed by atoms with Crippen LogP contribution in [0.5, 0.6) is 0 Å². The Morgan fingerprint density at radius 3 is 1.50 bits per heavy atom. The van der Waals surface area contributed by atoms with Gasteiger partial charge in [0.15, 0.2) is 0 Å². The number of furan rings is 2. The maximum atomic E-state index is 11.6. The van der Waals surface area contributed by atoms with E-state index in [0.29, 0.717) is 58.8 Å². The topological polar surface area (TPSA) is 71.0 Å². The molecular weight excluding hydrogens is 561 g/mol. The van der Waals surface area contributed by atoms with E-state index in [1.54, 1.807) is 13.2 Å². The van der Waals surface area contributed by atoms with Crippen molar-refractivity contribution >= 4 is 22.6 Å². The molecule has 0 N–H and O–H groups in total. The first kappa shape index (κ1) is 38.4. The average Bonchev–Trinajstić information content (AvgIpc) is 3.43. The molecule has 0 aliphatic heterocycles. The summed E-state index contributed by atoms with van der Waals surface area (Å²) in [6, 6.07) is 3.96. The summed E-state index contributed by atoms with van der Waals surface area (Å²) >= 11 is 0. The van der Waals surface area contributed by atoms with Gasteiger partial charge < -0.3 is 22.4 Å². The van der Waals surface area contributed by atoms with E-state index in [1.807, 2.05) is 26.0 Å². The van der Waals surface area contributed by atoms with Gasteiger partial charge in [-0.3, -0.25) is 4.79 Å². The molecule has 0 spiro atoms. The number of esters is 1. The summed E-state index contributed by atoms with van der Waals surface area (Å²) in [7, 11) is -3.65. The van der Waals surface area contributed by atoms with E-state index in [9.17, 15) is 4.79 Å². The Bertz CT molecular complexity index is 1020. The van der Waals surface area contributed by atoms with Crippen molar-refractivity contribution in [3.05, 3.63) is 46.8 Å². The van der Waals surface area contributed by atoms with Crippen molar-refractivity contribution in [3.63, 3.8) is 0 Å². The van der Waals surface area contributed by atoms with Crippen LogP contribution in [0.1, 0.15) is 118 Å². The lowest BCUT2D eigenvalue weighted by molar-refractivity contribution is -0.142. The number of aryl methyl sites for hydroxylation is 2. The zero-order chi connectivity index (χ0) is 32.4. The highest BCUT2D eigenvalue weighted by Gasteiger charge is 2.46. The molecule has 6 nitrogen and oxygen atoms in total. The minimum atomic E-state index is -1.90. The SMILES string of the molecule is CCOC(=O)Cc1cc(CO[Si](C(C)C)(C(C)C)C(C)C)c(C)o1.Cc1occc1CO[Si](C(C)C)(C(C)C)C(C)C. The van der Waals surface area contributed by atoms with Gasteiger partial charge in [-0.05, 0) is 66.2 Å². The number of hydrogen-bond donors (Lipinski definition) is 0. The Morgan fingerprint density at radius 1 is 0.714 bits per heavy atom. The molecule has 0 aliphatic carbocycles. The van der Waals surface area contributed by atoms with Gasteiger partial charge in [0.1, 0.15) is 23.7 Å². The molecule has 0 amide bonds. The summed E-state index contributed by atoms with van der Waals surface area (Å²) in [5.41, 5.74) is 5.75. The number of rotatable bonds is 15. The van der Waals surface area contributed by atoms with E-state index in [0.717, 1.165) is 17.1 Å². The van der Waals surface area contributed by atoms with Gasteiger partial charge in [0.2, 0.25) is 16.6 Å². The summed E-state index contributed by atoms with van der Waals surface area (Å²) in [5, 5.41) is 0. The van der Waals surface area contributed by atoms with Gasteiger partial charge in [0.05, 0.1) is 26.1 Å². The normalized spacial score (nSPS) is 12.7. The van der Waals surface area contributed by atoms with E-state index in [2.05, 4.69) is 83.1 Å². The van der Waals surface area contributed by atoms with Crippen molar-refractivity contribution in [3.8, 4) is 0 Å². The maximum Gasteiger partial charge on any atom is 0.313 e. The zero-order valence-electron chi connectivity index (χ0n) is 29.5. The van der Waals surface area contributed by atoms with Crippen LogP contribution >= 0.6 is 0 Å². The monoisotopic (exact) mass is 622 g/mol. The Labute approximate surface area is 259 Å². The average molecular weight is 623 g/mol. The predicted molar refractivity (Wildman–Crippen MR) is 179 cm³/mol. The molecule has 0 saturated heterocycles. The third kappa shape index (κ3) is 9.44. The molecule has 2 rings (SSSR count). The number of carbonyl (C=O) groups excluding carboxylic acids is 1. The number of carbonyl (C=O) groups is 1. The van der Waals surface area contributed by atoms with E-state index >= 15 is 0 Å². The van der Waals surface area contributed by atoms with Gasteiger partial charge in [0, 0.05) is 11.1 Å². The number of hydrogen-bond acceptors (Lipinski definition) is 6. The largest absolute Gasteiger partial charge is 0.469 e. The molecular formula is C34H62O6Si2. The Morgan fingerprint density at radius 2 is 1.14 bits per heavy atom. The molecule has 0 unspecified atom stereocenters. The smallest absolute Gasteiger partial charge is 0.313 e. The fourth-order valence-electron chi connectivity index (χ4n) is 7.14. The quantitative estimate of drug-likeness (QED) is 0.145. The summed E-state index contributed by atoms with van der Waals surface area (Å²) in [6.07, 6.45) is 1.92. The molecule has 0 fully saturated rings.